The molecule has 0 fully saturated rings. The smallest absolute Gasteiger partial charge is 0.412 e. The van der Waals surface area contributed by atoms with Crippen molar-refractivity contribution in [3.8, 4) is 0 Å². The molecule has 0 aromatic carbocycles. The van der Waals surface area contributed by atoms with Gasteiger partial charge in [0.2, 0.25) is 0 Å². The minimum absolute atomic E-state index is 0. The van der Waals surface area contributed by atoms with Crippen LogP contribution >= 0.6 is 12.4 Å². The van der Waals surface area contributed by atoms with E-state index in [1.54, 1.807) is 0 Å². The van der Waals surface area contributed by atoms with Crippen LogP contribution in [0.25, 0.3) is 0 Å². The molecule has 0 rings (SSSR count). The van der Waals surface area contributed by atoms with Crippen molar-refractivity contribution >= 4 is 61.3 Å². The Morgan fingerprint density at radius 2 is 0.750 bits per heavy atom. The van der Waals surface area contributed by atoms with E-state index in [1.165, 1.54) is 0 Å². The van der Waals surface area contributed by atoms with Crippen LogP contribution in [0.15, 0.2) is 0 Å². The van der Waals surface area contributed by atoms with Gasteiger partial charge in [0.05, 0.1) is 0 Å². The van der Waals surface area contributed by atoms with Crippen molar-refractivity contribution in [3.05, 3.63) is 0 Å². The maximum Gasteiger partial charge on any atom is 2.00 e. The Bertz CT molecular complexity index is 6.00. The third-order valence-electron chi connectivity index (χ3n) is 0. The number of hydrogen-bond acceptors (Lipinski definition) is 0. The Balaban J connectivity index is 0. The average molecular weight is 210 g/mol. The second-order valence-corrected chi connectivity index (χ2v) is 0. The largest absolute Gasteiger partial charge is 2.00 e. The fourth-order valence-electron chi connectivity index (χ4n) is 0. The molecule has 0 saturated carbocycles. The Morgan fingerprint density at radius 1 is 0.750 bits per heavy atom. The van der Waals surface area contributed by atoms with Gasteiger partial charge in [0.15, 0.2) is 0 Å². The van der Waals surface area contributed by atoms with E-state index in [1.807, 2.05) is 0 Å². The monoisotopic (exact) mass is 210 g/mol. The van der Waals surface area contributed by atoms with E-state index in [2.05, 4.69) is 0 Å². The molecule has 0 aliphatic rings. The van der Waals surface area contributed by atoms with Crippen LogP contribution in [0.2, 0.25) is 0 Å². The minimum atomic E-state index is 0. The van der Waals surface area contributed by atoms with Crippen LogP contribution < -0.4 is 0 Å². The summed E-state index contributed by atoms with van der Waals surface area (Å²) in [6.07, 6.45) is 0. The van der Waals surface area contributed by atoms with Crippen molar-refractivity contribution in [2.75, 3.05) is 0 Å². The van der Waals surface area contributed by atoms with Crippen LogP contribution in [0.3, 0.4) is 0 Å². The van der Waals surface area contributed by atoms with Crippen LogP contribution in [-0.2, 0) is 0 Å². The molecular formula is H5BaClO2+2. The SMILES string of the molecule is Cl.O.O.[Ba+2]. The van der Waals surface area contributed by atoms with E-state index in [0.29, 0.717) is 0 Å². The summed E-state index contributed by atoms with van der Waals surface area (Å²) < 4.78 is 0. The second-order valence-electron chi connectivity index (χ2n) is 0. The normalized spacial score (nSPS) is 0. The first kappa shape index (κ1) is 41.6. The molecule has 4 heavy (non-hydrogen) atoms. The van der Waals surface area contributed by atoms with Gasteiger partial charge < -0.3 is 11.0 Å². The first-order chi connectivity index (χ1) is 0. The molecule has 2 nitrogen and oxygen atoms in total. The molecule has 0 aromatic rings. The number of rotatable bonds is 0. The van der Waals surface area contributed by atoms with Crippen molar-refractivity contribution in [3.63, 3.8) is 0 Å². The van der Waals surface area contributed by atoms with Gasteiger partial charge in [0.25, 0.3) is 0 Å². The minimum Gasteiger partial charge on any atom is -0.412 e. The Hall–Kier alpha value is 1.78. The van der Waals surface area contributed by atoms with Gasteiger partial charge >= 0.3 is 48.9 Å². The topological polar surface area (TPSA) is 63.0 Å². The molecule has 0 radical (unpaired) electrons. The summed E-state index contributed by atoms with van der Waals surface area (Å²) in [6, 6.07) is 0. The van der Waals surface area contributed by atoms with E-state index >= 15 is 0 Å². The number of halogens is 1. The Kier molecular flexibility index (Phi) is 224. The van der Waals surface area contributed by atoms with E-state index in [4.69, 9.17) is 0 Å². The third-order valence-corrected chi connectivity index (χ3v) is 0. The molecule has 0 aliphatic carbocycles. The van der Waals surface area contributed by atoms with E-state index in [-0.39, 0.29) is 72.2 Å². The zero-order valence-corrected chi connectivity index (χ0v) is 7.37. The summed E-state index contributed by atoms with van der Waals surface area (Å²) in [5.41, 5.74) is 0. The van der Waals surface area contributed by atoms with Crippen LogP contribution in [0, 0.1) is 0 Å². The van der Waals surface area contributed by atoms with Gasteiger partial charge in [-0.05, 0) is 0 Å². The van der Waals surface area contributed by atoms with Crippen molar-refractivity contribution in [2.24, 2.45) is 0 Å². The van der Waals surface area contributed by atoms with Crippen molar-refractivity contribution in [2.45, 2.75) is 0 Å². The van der Waals surface area contributed by atoms with Gasteiger partial charge in [-0.1, -0.05) is 0 Å². The molecule has 24 valence electrons. The standard InChI is InChI=1S/Ba.ClH.2H2O/h;1H;2*1H2/q+2;;;. The van der Waals surface area contributed by atoms with Gasteiger partial charge in [0.1, 0.15) is 0 Å². The summed E-state index contributed by atoms with van der Waals surface area (Å²) in [6.45, 7) is 0. The fourth-order valence-corrected chi connectivity index (χ4v) is 0. The molecule has 0 saturated heterocycles. The van der Waals surface area contributed by atoms with Gasteiger partial charge in [-0.3, -0.25) is 0 Å². The third kappa shape index (κ3) is 9.22. The van der Waals surface area contributed by atoms with E-state index < -0.39 is 0 Å². The molecule has 0 unspecified atom stereocenters. The predicted octanol–water partition coefficient (Wildman–Crippen LogP) is -1.61. The maximum atomic E-state index is 0. The van der Waals surface area contributed by atoms with Crippen molar-refractivity contribution in [1.82, 2.24) is 0 Å². The fraction of sp³-hybridized carbons (Fsp3) is 0. The first-order valence-electron chi connectivity index (χ1n) is 0. The molecule has 4 heteroatoms. The molecule has 0 bridgehead atoms. The molecule has 0 spiro atoms. The van der Waals surface area contributed by atoms with Crippen LogP contribution in [0.5, 0.6) is 0 Å². The second kappa shape index (κ2) is 21.5. The molecule has 0 heterocycles. The molecule has 0 aliphatic heterocycles. The van der Waals surface area contributed by atoms with Crippen LogP contribution in [0.4, 0.5) is 0 Å². The number of hydrogen-bond donors (Lipinski definition) is 0. The van der Waals surface area contributed by atoms with Crippen LogP contribution in [-0.4, -0.2) is 59.8 Å². The molecule has 0 amide bonds. The average Bonchev–Trinajstić information content (AvgIpc) is 0. The quantitative estimate of drug-likeness (QED) is 0.432. The summed E-state index contributed by atoms with van der Waals surface area (Å²) in [4.78, 5) is 0. The predicted molar refractivity (Wildman–Crippen MR) is 20.2 cm³/mol. The summed E-state index contributed by atoms with van der Waals surface area (Å²) in [5, 5.41) is 0. The van der Waals surface area contributed by atoms with Gasteiger partial charge in [-0.25, -0.2) is 0 Å². The molecule has 0 aromatic heterocycles. The van der Waals surface area contributed by atoms with Crippen molar-refractivity contribution < 1.29 is 11.0 Å². The summed E-state index contributed by atoms with van der Waals surface area (Å²) >= 11 is 0. The van der Waals surface area contributed by atoms with Gasteiger partial charge in [0, 0.05) is 0 Å². The van der Waals surface area contributed by atoms with E-state index in [9.17, 15) is 0 Å². The summed E-state index contributed by atoms with van der Waals surface area (Å²) in [5.74, 6) is 0. The molecule has 4 N–H and O–H groups in total. The van der Waals surface area contributed by atoms with Crippen LogP contribution in [0.1, 0.15) is 0 Å². The maximum absolute atomic E-state index is 0. The van der Waals surface area contributed by atoms with Crippen molar-refractivity contribution in [1.29, 1.82) is 0 Å². The Labute approximate surface area is 71.1 Å². The van der Waals surface area contributed by atoms with Gasteiger partial charge in [-0.15, -0.1) is 12.4 Å². The molecule has 0 atom stereocenters. The van der Waals surface area contributed by atoms with E-state index in [0.717, 1.165) is 0 Å². The van der Waals surface area contributed by atoms with Gasteiger partial charge in [-0.2, -0.15) is 0 Å². The zero-order chi connectivity index (χ0) is 0. The summed E-state index contributed by atoms with van der Waals surface area (Å²) in [7, 11) is 0. The zero-order valence-electron chi connectivity index (χ0n) is 2.12. The first-order valence-corrected chi connectivity index (χ1v) is 0. The Morgan fingerprint density at radius 3 is 0.750 bits per heavy atom. The molecular weight excluding hydrogens is 205 g/mol.